The number of allylic oxidation sites excluding steroid dienone is 4. The van der Waals surface area contributed by atoms with Crippen molar-refractivity contribution in [1.29, 1.82) is 0 Å². The van der Waals surface area contributed by atoms with Gasteiger partial charge in [-0.3, -0.25) is 6.08 Å². The summed E-state index contributed by atoms with van der Waals surface area (Å²) in [5.74, 6) is 0. The first-order valence-corrected chi connectivity index (χ1v) is 14.4. The van der Waals surface area contributed by atoms with Crippen molar-refractivity contribution in [2.75, 3.05) is 0 Å². The number of hydrogen-bond acceptors (Lipinski definition) is 0. The fourth-order valence-electron chi connectivity index (χ4n) is 4.44. The molecule has 0 heterocycles. The molecule has 5 aromatic rings. The molecular formula is C36H34Cl2Zr-2. The van der Waals surface area contributed by atoms with Gasteiger partial charge in [0, 0.05) is 0 Å². The summed E-state index contributed by atoms with van der Waals surface area (Å²) in [5.41, 5.74) is 6.84. The molecule has 0 spiro atoms. The van der Waals surface area contributed by atoms with E-state index < -0.39 is 0 Å². The Morgan fingerprint density at radius 1 is 0.718 bits per heavy atom. The molecule has 1 aliphatic rings. The molecule has 5 aromatic carbocycles. The van der Waals surface area contributed by atoms with E-state index in [-0.39, 0.29) is 24.8 Å². The third-order valence-electron chi connectivity index (χ3n) is 6.65. The summed E-state index contributed by atoms with van der Waals surface area (Å²) in [6.45, 7) is 6.50. The van der Waals surface area contributed by atoms with Gasteiger partial charge < -0.3 is 24.8 Å². The molecule has 0 N–H and O–H groups in total. The van der Waals surface area contributed by atoms with E-state index in [9.17, 15) is 0 Å². The Morgan fingerprint density at radius 3 is 1.51 bits per heavy atom. The monoisotopic (exact) mass is 626 g/mol. The van der Waals surface area contributed by atoms with Crippen molar-refractivity contribution in [1.82, 2.24) is 0 Å². The molecular weight excluding hydrogens is 595 g/mol. The molecule has 198 valence electrons. The SMILES string of the molecule is CC1=CC[C-]=C1.CCc1ccc2c(c1)[cH-]c1cc(CC)ccc12.[Cl-].[Cl-].[Zr+2]=[C](c1ccccc1)c1ccccc1. The van der Waals surface area contributed by atoms with Crippen molar-refractivity contribution in [3.8, 4) is 0 Å². The van der Waals surface area contributed by atoms with Gasteiger partial charge in [0.1, 0.15) is 0 Å². The maximum absolute atomic E-state index is 3.05. The van der Waals surface area contributed by atoms with Gasteiger partial charge in [-0.25, -0.2) is 11.6 Å². The predicted octanol–water partition coefficient (Wildman–Crippen LogP) is 3.34. The van der Waals surface area contributed by atoms with Gasteiger partial charge in [0.05, 0.1) is 0 Å². The van der Waals surface area contributed by atoms with Crippen LogP contribution in [-0.2, 0) is 37.1 Å². The van der Waals surface area contributed by atoms with E-state index in [4.69, 9.17) is 0 Å². The minimum atomic E-state index is 0. The first-order valence-electron chi connectivity index (χ1n) is 13.1. The van der Waals surface area contributed by atoms with Crippen molar-refractivity contribution < 1.29 is 49.0 Å². The average molecular weight is 629 g/mol. The van der Waals surface area contributed by atoms with Crippen molar-refractivity contribution in [3.05, 3.63) is 149 Å². The van der Waals surface area contributed by atoms with Crippen molar-refractivity contribution >= 4 is 24.8 Å². The molecule has 6 rings (SSSR count). The fourth-order valence-corrected chi connectivity index (χ4v) is 5.26. The molecule has 39 heavy (non-hydrogen) atoms. The average Bonchev–Trinajstić information content (AvgIpc) is 3.59. The molecule has 3 heteroatoms. The molecule has 0 fully saturated rings. The van der Waals surface area contributed by atoms with E-state index in [2.05, 4.69) is 136 Å². The molecule has 0 aromatic heterocycles. The molecule has 0 atom stereocenters. The zero-order valence-electron chi connectivity index (χ0n) is 22.8. The minimum absolute atomic E-state index is 0. The molecule has 0 saturated carbocycles. The maximum atomic E-state index is 3.05. The van der Waals surface area contributed by atoms with Crippen molar-refractivity contribution in [2.24, 2.45) is 0 Å². The molecule has 0 bridgehead atoms. The second-order valence-corrected chi connectivity index (χ2v) is 10.5. The Kier molecular flexibility index (Phi) is 14.0. The van der Waals surface area contributed by atoms with E-state index in [0.29, 0.717) is 0 Å². The number of fused-ring (bicyclic) bond motifs is 3. The Labute approximate surface area is 261 Å². The summed E-state index contributed by atoms with van der Waals surface area (Å²) in [6, 6.07) is 37.1. The van der Waals surface area contributed by atoms with Gasteiger partial charge >= 0.3 is 99.2 Å². The van der Waals surface area contributed by atoms with Gasteiger partial charge in [-0.2, -0.15) is 6.08 Å². The summed E-state index contributed by atoms with van der Waals surface area (Å²) in [4.78, 5) is 0. The number of hydrogen-bond donors (Lipinski definition) is 0. The van der Waals surface area contributed by atoms with Gasteiger partial charge in [-0.1, -0.05) is 49.2 Å². The quantitative estimate of drug-likeness (QED) is 0.268. The summed E-state index contributed by atoms with van der Waals surface area (Å²) in [5, 5.41) is 5.54. The van der Waals surface area contributed by atoms with Crippen LogP contribution in [0.1, 0.15) is 49.4 Å². The van der Waals surface area contributed by atoms with Crippen LogP contribution in [0.4, 0.5) is 0 Å². The number of aryl methyl sites for hydroxylation is 2. The van der Waals surface area contributed by atoms with Crippen LogP contribution in [0.25, 0.3) is 21.5 Å². The Morgan fingerprint density at radius 2 is 1.18 bits per heavy atom. The zero-order valence-corrected chi connectivity index (χ0v) is 26.8. The standard InChI is InChI=1S/C17H17.C13H10.C6H7.2ClH.Zr/c1-3-12-5-7-16-14(9-12)11-15-10-13(4-2)6-8-17(15)16;1-3-7-12(8-4-1)11-13-9-5-2-6-10-13;1-6-4-2-3-5-6;;;/h5-11H,3-4H2,1-2H3;1-10H;4-5H,2H2,1H3;2*1H;/q-1;;-1;;;+2/p-2. The van der Waals surface area contributed by atoms with Crippen LogP contribution in [0.2, 0.25) is 0 Å². The first-order chi connectivity index (χ1) is 18.1. The van der Waals surface area contributed by atoms with E-state index in [1.807, 2.05) is 6.08 Å². The summed E-state index contributed by atoms with van der Waals surface area (Å²) in [7, 11) is 0. The second kappa shape index (κ2) is 16.6. The van der Waals surface area contributed by atoms with Gasteiger partial charge in [0.15, 0.2) is 0 Å². The molecule has 1 aliphatic carbocycles. The Hall–Kier alpha value is -2.44. The van der Waals surface area contributed by atoms with Gasteiger partial charge in [-0.15, -0.1) is 53.1 Å². The molecule has 0 radical (unpaired) electrons. The van der Waals surface area contributed by atoms with E-state index >= 15 is 0 Å². The van der Waals surface area contributed by atoms with Gasteiger partial charge in [0.2, 0.25) is 0 Å². The fraction of sp³-hybridized carbons (Fsp3) is 0.167. The number of benzene rings is 4. The summed E-state index contributed by atoms with van der Waals surface area (Å²) >= 11 is 1.46. The zero-order chi connectivity index (χ0) is 26.0. The van der Waals surface area contributed by atoms with Crippen molar-refractivity contribution in [3.63, 3.8) is 0 Å². The Bertz CT molecular complexity index is 1420. The normalized spacial score (nSPS) is 11.4. The third kappa shape index (κ3) is 9.04. The predicted molar refractivity (Wildman–Crippen MR) is 158 cm³/mol. The van der Waals surface area contributed by atoms with Crippen LogP contribution in [0, 0.1) is 6.08 Å². The van der Waals surface area contributed by atoms with Crippen LogP contribution in [0.15, 0.2) is 121 Å². The number of halogens is 2. The second-order valence-electron chi connectivity index (χ2n) is 9.30. The van der Waals surface area contributed by atoms with Crippen LogP contribution < -0.4 is 24.8 Å². The molecule has 0 nitrogen and oxygen atoms in total. The van der Waals surface area contributed by atoms with Crippen LogP contribution in [-0.4, -0.2) is 3.21 Å². The summed E-state index contributed by atoms with van der Waals surface area (Å²) in [6.07, 6.45) is 10.5. The van der Waals surface area contributed by atoms with E-state index in [0.717, 1.165) is 19.3 Å². The van der Waals surface area contributed by atoms with Crippen molar-refractivity contribution in [2.45, 2.75) is 40.0 Å². The van der Waals surface area contributed by atoms with Gasteiger partial charge in [-0.05, 0) is 12.8 Å². The van der Waals surface area contributed by atoms with Crippen LogP contribution in [0.3, 0.4) is 0 Å². The topological polar surface area (TPSA) is 0 Å². The Balaban J connectivity index is 0.000000219. The molecule has 0 amide bonds. The first kappa shape index (κ1) is 32.8. The number of rotatable bonds is 4. The van der Waals surface area contributed by atoms with E-state index in [1.54, 1.807) is 0 Å². The van der Waals surface area contributed by atoms with Gasteiger partial charge in [0.25, 0.3) is 0 Å². The van der Waals surface area contributed by atoms with E-state index in [1.165, 1.54) is 76.8 Å². The summed E-state index contributed by atoms with van der Waals surface area (Å²) < 4.78 is 1.42. The molecule has 0 saturated heterocycles. The molecule has 0 aliphatic heterocycles. The van der Waals surface area contributed by atoms with Crippen LogP contribution in [0.5, 0.6) is 0 Å². The third-order valence-corrected chi connectivity index (χ3v) is 8.07. The molecule has 0 unspecified atom stereocenters. The van der Waals surface area contributed by atoms with Crippen LogP contribution >= 0.6 is 0 Å².